The number of rotatable bonds is 4. The van der Waals surface area contributed by atoms with Crippen molar-refractivity contribution in [2.75, 3.05) is 6.54 Å². The fraction of sp³-hybridized carbons (Fsp3) is 0.562. The second kappa shape index (κ2) is 6.20. The monoisotopic (exact) mass is 260 g/mol. The Balaban J connectivity index is 2.03. The average molecular weight is 260 g/mol. The molecule has 1 aromatic carbocycles. The third-order valence-corrected chi connectivity index (χ3v) is 4.33. The van der Waals surface area contributed by atoms with E-state index in [0.717, 1.165) is 31.2 Å². The van der Waals surface area contributed by atoms with Gasteiger partial charge in [-0.05, 0) is 25.3 Å². The van der Waals surface area contributed by atoms with Gasteiger partial charge in [0.25, 0.3) is 0 Å². The van der Waals surface area contributed by atoms with Gasteiger partial charge in [-0.15, -0.1) is 0 Å². The molecule has 0 unspecified atom stereocenters. The maximum atomic E-state index is 12.5. The van der Waals surface area contributed by atoms with Crippen molar-refractivity contribution in [1.82, 2.24) is 5.32 Å². The van der Waals surface area contributed by atoms with Crippen LogP contribution >= 0.6 is 0 Å². The van der Waals surface area contributed by atoms with Crippen molar-refractivity contribution in [3.05, 3.63) is 35.9 Å². The standard InChI is InChI=1S/C16H24N2O/c1-13(14-8-4-2-5-9-14)18-15(19)16(12-17)10-6-3-7-11-16/h2,4-5,8-9,13H,3,6-7,10-12,17H2,1H3,(H,18,19)/t13-/m1/s1. The van der Waals surface area contributed by atoms with Gasteiger partial charge in [-0.1, -0.05) is 49.6 Å². The number of nitrogens with two attached hydrogens (primary N) is 1. The highest BCUT2D eigenvalue weighted by Crippen LogP contribution is 2.36. The normalized spacial score (nSPS) is 19.7. The van der Waals surface area contributed by atoms with Crippen LogP contribution < -0.4 is 11.1 Å². The maximum absolute atomic E-state index is 12.5. The number of nitrogens with one attached hydrogen (secondary N) is 1. The minimum absolute atomic E-state index is 0.0408. The van der Waals surface area contributed by atoms with Crippen LogP contribution in [0, 0.1) is 5.41 Å². The first-order valence-corrected chi connectivity index (χ1v) is 7.24. The molecule has 0 radical (unpaired) electrons. The first kappa shape index (κ1) is 14.1. The molecule has 1 atom stereocenters. The van der Waals surface area contributed by atoms with Crippen LogP contribution in [-0.2, 0) is 4.79 Å². The van der Waals surface area contributed by atoms with Gasteiger partial charge in [-0.3, -0.25) is 4.79 Å². The van der Waals surface area contributed by atoms with Crippen molar-refractivity contribution < 1.29 is 4.79 Å². The second-order valence-electron chi connectivity index (χ2n) is 5.65. The SMILES string of the molecule is C[C@@H](NC(=O)C1(CN)CCCCC1)c1ccccc1. The lowest BCUT2D eigenvalue weighted by atomic mass is 9.73. The predicted octanol–water partition coefficient (Wildman–Crippen LogP) is 2.77. The third-order valence-electron chi connectivity index (χ3n) is 4.33. The molecule has 2 rings (SSSR count). The zero-order valence-corrected chi connectivity index (χ0v) is 11.7. The van der Waals surface area contributed by atoms with Gasteiger partial charge < -0.3 is 11.1 Å². The van der Waals surface area contributed by atoms with Crippen LogP contribution in [0.2, 0.25) is 0 Å². The summed E-state index contributed by atoms with van der Waals surface area (Å²) in [7, 11) is 0. The Hall–Kier alpha value is -1.35. The van der Waals surface area contributed by atoms with Gasteiger partial charge in [0.2, 0.25) is 5.91 Å². The summed E-state index contributed by atoms with van der Waals surface area (Å²) in [6.07, 6.45) is 5.31. The number of benzene rings is 1. The van der Waals surface area contributed by atoms with Crippen molar-refractivity contribution in [2.24, 2.45) is 11.1 Å². The molecular formula is C16H24N2O. The number of hydrogen-bond donors (Lipinski definition) is 2. The zero-order chi connectivity index (χ0) is 13.7. The van der Waals surface area contributed by atoms with Crippen LogP contribution in [0.25, 0.3) is 0 Å². The molecule has 0 spiro atoms. The largest absolute Gasteiger partial charge is 0.349 e. The molecule has 1 aliphatic carbocycles. The van der Waals surface area contributed by atoms with E-state index in [-0.39, 0.29) is 17.4 Å². The molecule has 0 bridgehead atoms. The lowest BCUT2D eigenvalue weighted by molar-refractivity contribution is -0.133. The molecule has 1 saturated carbocycles. The maximum Gasteiger partial charge on any atom is 0.227 e. The Morgan fingerprint density at radius 3 is 2.47 bits per heavy atom. The van der Waals surface area contributed by atoms with E-state index >= 15 is 0 Å². The first-order chi connectivity index (χ1) is 9.18. The second-order valence-corrected chi connectivity index (χ2v) is 5.65. The van der Waals surface area contributed by atoms with Gasteiger partial charge in [0.15, 0.2) is 0 Å². The minimum Gasteiger partial charge on any atom is -0.349 e. The molecule has 1 amide bonds. The third kappa shape index (κ3) is 3.16. The molecule has 19 heavy (non-hydrogen) atoms. The van der Waals surface area contributed by atoms with E-state index in [1.54, 1.807) is 0 Å². The van der Waals surface area contributed by atoms with E-state index in [9.17, 15) is 4.79 Å². The van der Waals surface area contributed by atoms with E-state index in [1.165, 1.54) is 6.42 Å². The Morgan fingerprint density at radius 2 is 1.89 bits per heavy atom. The highest BCUT2D eigenvalue weighted by molar-refractivity contribution is 5.83. The van der Waals surface area contributed by atoms with Crippen LogP contribution in [0.3, 0.4) is 0 Å². The average Bonchev–Trinajstić information content (AvgIpc) is 2.48. The highest BCUT2D eigenvalue weighted by Gasteiger charge is 2.38. The summed E-state index contributed by atoms with van der Waals surface area (Å²) < 4.78 is 0. The molecule has 0 heterocycles. The predicted molar refractivity (Wildman–Crippen MR) is 77.6 cm³/mol. The molecule has 0 aromatic heterocycles. The first-order valence-electron chi connectivity index (χ1n) is 7.24. The van der Waals surface area contributed by atoms with Gasteiger partial charge >= 0.3 is 0 Å². The summed E-state index contributed by atoms with van der Waals surface area (Å²) in [6.45, 7) is 2.49. The number of amides is 1. The van der Waals surface area contributed by atoms with Crippen LogP contribution in [0.4, 0.5) is 0 Å². The summed E-state index contributed by atoms with van der Waals surface area (Å²) in [5, 5.41) is 3.14. The molecule has 1 fully saturated rings. The molecule has 104 valence electrons. The summed E-state index contributed by atoms with van der Waals surface area (Å²) in [5.74, 6) is 0.131. The highest BCUT2D eigenvalue weighted by atomic mass is 16.2. The molecule has 0 aliphatic heterocycles. The van der Waals surface area contributed by atoms with E-state index in [2.05, 4.69) is 5.32 Å². The van der Waals surface area contributed by atoms with Crippen LogP contribution in [0.5, 0.6) is 0 Å². The Labute approximate surface area is 115 Å². The molecule has 3 nitrogen and oxygen atoms in total. The Kier molecular flexibility index (Phi) is 4.59. The fourth-order valence-corrected chi connectivity index (χ4v) is 2.93. The Morgan fingerprint density at radius 1 is 1.26 bits per heavy atom. The van der Waals surface area contributed by atoms with E-state index in [4.69, 9.17) is 5.73 Å². The molecule has 0 saturated heterocycles. The molecular weight excluding hydrogens is 236 g/mol. The van der Waals surface area contributed by atoms with Crippen molar-refractivity contribution in [1.29, 1.82) is 0 Å². The Bertz CT molecular complexity index is 410. The van der Waals surface area contributed by atoms with Crippen LogP contribution in [0.1, 0.15) is 50.6 Å². The van der Waals surface area contributed by atoms with Crippen molar-refractivity contribution in [2.45, 2.75) is 45.1 Å². The lowest BCUT2D eigenvalue weighted by Crippen LogP contribution is -2.47. The topological polar surface area (TPSA) is 55.1 Å². The van der Waals surface area contributed by atoms with Gasteiger partial charge in [-0.25, -0.2) is 0 Å². The van der Waals surface area contributed by atoms with Crippen molar-refractivity contribution >= 4 is 5.91 Å². The summed E-state index contributed by atoms with van der Waals surface area (Å²) in [5.41, 5.74) is 6.70. The van der Waals surface area contributed by atoms with Crippen LogP contribution in [0.15, 0.2) is 30.3 Å². The zero-order valence-electron chi connectivity index (χ0n) is 11.7. The molecule has 1 aliphatic rings. The quantitative estimate of drug-likeness (QED) is 0.874. The molecule has 3 N–H and O–H groups in total. The number of carbonyl (C=O) groups is 1. The van der Waals surface area contributed by atoms with Gasteiger partial charge in [-0.2, -0.15) is 0 Å². The van der Waals surface area contributed by atoms with Crippen molar-refractivity contribution in [3.63, 3.8) is 0 Å². The van der Waals surface area contributed by atoms with E-state index in [1.807, 2.05) is 37.3 Å². The van der Waals surface area contributed by atoms with E-state index in [0.29, 0.717) is 6.54 Å². The number of hydrogen-bond acceptors (Lipinski definition) is 2. The molecule has 1 aromatic rings. The molecule has 3 heteroatoms. The fourth-order valence-electron chi connectivity index (χ4n) is 2.93. The number of carbonyl (C=O) groups excluding carboxylic acids is 1. The smallest absolute Gasteiger partial charge is 0.227 e. The van der Waals surface area contributed by atoms with E-state index < -0.39 is 0 Å². The van der Waals surface area contributed by atoms with Gasteiger partial charge in [0.1, 0.15) is 0 Å². The summed E-state index contributed by atoms with van der Waals surface area (Å²) >= 11 is 0. The minimum atomic E-state index is -0.332. The lowest BCUT2D eigenvalue weighted by Gasteiger charge is -2.35. The summed E-state index contributed by atoms with van der Waals surface area (Å²) in [6, 6.07) is 10.1. The van der Waals surface area contributed by atoms with Gasteiger partial charge in [0, 0.05) is 6.54 Å². The van der Waals surface area contributed by atoms with Crippen molar-refractivity contribution in [3.8, 4) is 0 Å². The van der Waals surface area contributed by atoms with Crippen LogP contribution in [-0.4, -0.2) is 12.5 Å². The van der Waals surface area contributed by atoms with Gasteiger partial charge in [0.05, 0.1) is 11.5 Å². The summed E-state index contributed by atoms with van der Waals surface area (Å²) in [4.78, 5) is 12.5.